The molecule has 84 valence electrons. The van der Waals surface area contributed by atoms with E-state index in [0.717, 1.165) is 5.71 Å². The molecule has 1 aromatic rings. The highest BCUT2D eigenvalue weighted by Gasteiger charge is 2.24. The first-order valence-corrected chi connectivity index (χ1v) is 5.64. The summed E-state index contributed by atoms with van der Waals surface area (Å²) in [5.74, 6) is 0.377. The van der Waals surface area contributed by atoms with Gasteiger partial charge in [0.15, 0.2) is 0 Å². The maximum absolute atomic E-state index is 11.6. The zero-order valence-electron chi connectivity index (χ0n) is 9.03. The van der Waals surface area contributed by atoms with Crippen molar-refractivity contribution in [2.24, 2.45) is 11.0 Å². The number of rotatable bonds is 3. The Morgan fingerprint density at radius 2 is 2.00 bits per heavy atom. The van der Waals surface area contributed by atoms with E-state index < -0.39 is 0 Å². The van der Waals surface area contributed by atoms with Crippen LogP contribution in [0.2, 0.25) is 5.02 Å². The molecule has 0 radical (unpaired) electrons. The van der Waals surface area contributed by atoms with Gasteiger partial charge in [-0.1, -0.05) is 11.6 Å². The minimum absolute atomic E-state index is 0.198. The lowest BCUT2D eigenvalue weighted by molar-refractivity contribution is 0.0954. The van der Waals surface area contributed by atoms with E-state index >= 15 is 0 Å². The normalized spacial score (nSPS) is 16.0. The summed E-state index contributed by atoms with van der Waals surface area (Å²) in [7, 11) is 0. The summed E-state index contributed by atoms with van der Waals surface area (Å²) in [6, 6.07) is 6.74. The van der Waals surface area contributed by atoms with Crippen LogP contribution in [0.4, 0.5) is 0 Å². The van der Waals surface area contributed by atoms with Crippen LogP contribution in [0.5, 0.6) is 0 Å². The fourth-order valence-corrected chi connectivity index (χ4v) is 1.52. The van der Waals surface area contributed by atoms with Crippen LogP contribution in [-0.2, 0) is 0 Å². The van der Waals surface area contributed by atoms with Crippen LogP contribution in [0, 0.1) is 5.92 Å². The van der Waals surface area contributed by atoms with Crippen molar-refractivity contribution in [1.29, 1.82) is 0 Å². The third-order valence-electron chi connectivity index (χ3n) is 2.61. The minimum atomic E-state index is -0.198. The molecule has 1 saturated carbocycles. The number of nitrogens with one attached hydrogen (secondary N) is 1. The second-order valence-electron chi connectivity index (χ2n) is 3.98. The highest BCUT2D eigenvalue weighted by molar-refractivity contribution is 6.30. The van der Waals surface area contributed by atoms with E-state index in [9.17, 15) is 4.79 Å². The number of hydrogen-bond donors (Lipinski definition) is 1. The Hall–Kier alpha value is -1.35. The Labute approximate surface area is 99.5 Å². The topological polar surface area (TPSA) is 41.5 Å². The average Bonchev–Trinajstić information content (AvgIpc) is 3.10. The largest absolute Gasteiger partial charge is 0.271 e. The molecule has 0 aliphatic heterocycles. The Balaban J connectivity index is 1.97. The lowest BCUT2D eigenvalue weighted by Crippen LogP contribution is -2.19. The fraction of sp³-hybridized carbons (Fsp3) is 0.333. The van der Waals surface area contributed by atoms with Crippen molar-refractivity contribution in [1.82, 2.24) is 5.43 Å². The van der Waals surface area contributed by atoms with Crippen molar-refractivity contribution in [3.63, 3.8) is 0 Å². The van der Waals surface area contributed by atoms with Crippen molar-refractivity contribution in [2.45, 2.75) is 19.8 Å². The van der Waals surface area contributed by atoms with Crippen molar-refractivity contribution < 1.29 is 4.79 Å². The van der Waals surface area contributed by atoms with Gasteiger partial charge in [-0.05, 0) is 49.9 Å². The molecular formula is C12H13ClN2O. The lowest BCUT2D eigenvalue weighted by Gasteiger charge is -2.01. The fourth-order valence-electron chi connectivity index (χ4n) is 1.40. The number of amides is 1. The number of hydrogen-bond acceptors (Lipinski definition) is 2. The SMILES string of the molecule is CC(=NNC(=O)c1ccc(Cl)cc1)C1CC1. The molecular weight excluding hydrogens is 224 g/mol. The maximum Gasteiger partial charge on any atom is 0.271 e. The Morgan fingerprint density at radius 3 is 2.56 bits per heavy atom. The van der Waals surface area contributed by atoms with Gasteiger partial charge in [0.1, 0.15) is 0 Å². The summed E-state index contributed by atoms with van der Waals surface area (Å²) < 4.78 is 0. The molecule has 0 bridgehead atoms. The van der Waals surface area contributed by atoms with E-state index in [4.69, 9.17) is 11.6 Å². The molecule has 0 spiro atoms. The summed E-state index contributed by atoms with van der Waals surface area (Å²) in [6.07, 6.45) is 2.37. The van der Waals surface area contributed by atoms with Gasteiger partial charge >= 0.3 is 0 Å². The molecule has 1 N–H and O–H groups in total. The molecule has 1 fully saturated rings. The molecule has 1 amide bonds. The number of halogens is 1. The zero-order valence-corrected chi connectivity index (χ0v) is 9.79. The van der Waals surface area contributed by atoms with E-state index in [1.807, 2.05) is 6.92 Å². The van der Waals surface area contributed by atoms with Crippen LogP contribution in [0.3, 0.4) is 0 Å². The van der Waals surface area contributed by atoms with Crippen LogP contribution in [0.1, 0.15) is 30.1 Å². The molecule has 0 atom stereocenters. The van der Waals surface area contributed by atoms with Gasteiger partial charge < -0.3 is 0 Å². The van der Waals surface area contributed by atoms with Gasteiger partial charge in [0, 0.05) is 16.3 Å². The van der Waals surface area contributed by atoms with Crippen LogP contribution < -0.4 is 5.43 Å². The van der Waals surface area contributed by atoms with E-state index in [1.165, 1.54) is 12.8 Å². The van der Waals surface area contributed by atoms with Crippen molar-refractivity contribution >= 4 is 23.2 Å². The molecule has 2 rings (SSSR count). The monoisotopic (exact) mass is 236 g/mol. The molecule has 0 unspecified atom stereocenters. The van der Waals surface area contributed by atoms with Crippen LogP contribution in [-0.4, -0.2) is 11.6 Å². The van der Waals surface area contributed by atoms with Crippen LogP contribution in [0.15, 0.2) is 29.4 Å². The first-order valence-electron chi connectivity index (χ1n) is 5.27. The molecule has 0 heterocycles. The molecule has 3 nitrogen and oxygen atoms in total. The predicted molar refractivity (Wildman–Crippen MR) is 64.8 cm³/mol. The third kappa shape index (κ3) is 2.83. The molecule has 1 aliphatic rings. The Morgan fingerprint density at radius 1 is 1.38 bits per heavy atom. The van der Waals surface area contributed by atoms with Gasteiger partial charge in [0.05, 0.1) is 0 Å². The van der Waals surface area contributed by atoms with Crippen molar-refractivity contribution in [2.75, 3.05) is 0 Å². The van der Waals surface area contributed by atoms with Gasteiger partial charge in [-0.15, -0.1) is 0 Å². The second-order valence-corrected chi connectivity index (χ2v) is 4.41. The smallest absolute Gasteiger partial charge is 0.267 e. The van der Waals surface area contributed by atoms with Gasteiger partial charge in [0.2, 0.25) is 0 Å². The first-order chi connectivity index (χ1) is 7.66. The Bertz CT molecular complexity index is 421. The summed E-state index contributed by atoms with van der Waals surface area (Å²) in [5, 5.41) is 4.69. The highest BCUT2D eigenvalue weighted by atomic mass is 35.5. The highest BCUT2D eigenvalue weighted by Crippen LogP contribution is 2.30. The average molecular weight is 237 g/mol. The maximum atomic E-state index is 11.6. The third-order valence-corrected chi connectivity index (χ3v) is 2.86. The number of hydrazone groups is 1. The number of benzene rings is 1. The van der Waals surface area contributed by atoms with Gasteiger partial charge in [-0.2, -0.15) is 5.10 Å². The predicted octanol–water partition coefficient (Wildman–Crippen LogP) is 2.86. The van der Waals surface area contributed by atoms with Crippen molar-refractivity contribution in [3.8, 4) is 0 Å². The van der Waals surface area contributed by atoms with Crippen LogP contribution in [0.25, 0.3) is 0 Å². The summed E-state index contributed by atoms with van der Waals surface area (Å²) >= 11 is 5.73. The number of carbonyl (C=O) groups excluding carboxylic acids is 1. The second kappa shape index (κ2) is 4.66. The zero-order chi connectivity index (χ0) is 11.5. The minimum Gasteiger partial charge on any atom is -0.267 e. The molecule has 1 aliphatic carbocycles. The summed E-state index contributed by atoms with van der Waals surface area (Å²) in [6.45, 7) is 1.94. The quantitative estimate of drug-likeness (QED) is 0.636. The summed E-state index contributed by atoms with van der Waals surface area (Å²) in [5.41, 5.74) is 4.11. The first kappa shape index (κ1) is 11.1. The molecule has 4 heteroatoms. The van der Waals surface area contributed by atoms with E-state index in [0.29, 0.717) is 16.5 Å². The van der Waals surface area contributed by atoms with Gasteiger partial charge in [-0.25, -0.2) is 5.43 Å². The van der Waals surface area contributed by atoms with E-state index in [2.05, 4.69) is 10.5 Å². The van der Waals surface area contributed by atoms with E-state index in [1.54, 1.807) is 24.3 Å². The number of nitrogens with zero attached hydrogens (tertiary/aromatic N) is 1. The van der Waals surface area contributed by atoms with Crippen LogP contribution >= 0.6 is 11.6 Å². The van der Waals surface area contributed by atoms with Crippen molar-refractivity contribution in [3.05, 3.63) is 34.9 Å². The van der Waals surface area contributed by atoms with Gasteiger partial charge in [-0.3, -0.25) is 4.79 Å². The molecule has 16 heavy (non-hydrogen) atoms. The summed E-state index contributed by atoms with van der Waals surface area (Å²) in [4.78, 5) is 11.6. The molecule has 1 aromatic carbocycles. The van der Waals surface area contributed by atoms with Gasteiger partial charge in [0.25, 0.3) is 5.91 Å². The standard InChI is InChI=1S/C12H13ClN2O/c1-8(9-2-3-9)14-15-12(16)10-4-6-11(13)7-5-10/h4-7,9H,2-3H2,1H3,(H,15,16). The molecule has 0 aromatic heterocycles. The molecule has 0 saturated heterocycles. The number of carbonyl (C=O) groups is 1. The Kier molecular flexibility index (Phi) is 3.25. The van der Waals surface area contributed by atoms with E-state index in [-0.39, 0.29) is 5.91 Å². The lowest BCUT2D eigenvalue weighted by atomic mass is 10.2.